The molecule has 0 aliphatic heterocycles. The third-order valence-corrected chi connectivity index (χ3v) is 2.71. The SMILES string of the molecule is CCCC(NC(C)CC(C)(C)OC)C(=O)O. The van der Waals surface area contributed by atoms with Crippen LogP contribution in [0.15, 0.2) is 0 Å². The maximum atomic E-state index is 11.0. The van der Waals surface area contributed by atoms with Crippen LogP contribution in [0, 0.1) is 0 Å². The van der Waals surface area contributed by atoms with Gasteiger partial charge in [0.05, 0.1) is 5.60 Å². The van der Waals surface area contributed by atoms with E-state index in [-0.39, 0.29) is 11.6 Å². The smallest absolute Gasteiger partial charge is 0.320 e. The molecule has 0 aliphatic rings. The molecule has 0 fully saturated rings. The molecule has 96 valence electrons. The van der Waals surface area contributed by atoms with E-state index in [4.69, 9.17) is 9.84 Å². The van der Waals surface area contributed by atoms with Gasteiger partial charge in [0.1, 0.15) is 6.04 Å². The zero-order valence-electron chi connectivity index (χ0n) is 11.0. The Labute approximate surface area is 98.4 Å². The molecule has 0 aromatic rings. The highest BCUT2D eigenvalue weighted by Gasteiger charge is 2.24. The van der Waals surface area contributed by atoms with E-state index >= 15 is 0 Å². The van der Waals surface area contributed by atoms with Crippen LogP contribution in [0.5, 0.6) is 0 Å². The topological polar surface area (TPSA) is 58.6 Å². The number of carboxylic acids is 1. The van der Waals surface area contributed by atoms with Crippen molar-refractivity contribution in [3.63, 3.8) is 0 Å². The van der Waals surface area contributed by atoms with Gasteiger partial charge in [0.15, 0.2) is 0 Å². The first-order chi connectivity index (χ1) is 7.32. The monoisotopic (exact) mass is 231 g/mol. The second kappa shape index (κ2) is 6.86. The second-order valence-electron chi connectivity index (χ2n) is 4.92. The van der Waals surface area contributed by atoms with Gasteiger partial charge in [-0.2, -0.15) is 0 Å². The van der Waals surface area contributed by atoms with Gasteiger partial charge in [0.25, 0.3) is 0 Å². The summed E-state index contributed by atoms with van der Waals surface area (Å²) in [4.78, 5) is 11.0. The summed E-state index contributed by atoms with van der Waals surface area (Å²) in [6.45, 7) is 7.98. The Balaban J connectivity index is 4.19. The van der Waals surface area contributed by atoms with Gasteiger partial charge in [-0.05, 0) is 33.6 Å². The molecule has 4 nitrogen and oxygen atoms in total. The fourth-order valence-corrected chi connectivity index (χ4v) is 1.79. The first kappa shape index (κ1) is 15.4. The van der Waals surface area contributed by atoms with E-state index in [1.807, 2.05) is 27.7 Å². The van der Waals surface area contributed by atoms with Crippen molar-refractivity contribution in [2.24, 2.45) is 0 Å². The Kier molecular flexibility index (Phi) is 6.60. The first-order valence-corrected chi connectivity index (χ1v) is 5.86. The van der Waals surface area contributed by atoms with Gasteiger partial charge in [-0.15, -0.1) is 0 Å². The molecule has 2 atom stereocenters. The number of hydrogen-bond donors (Lipinski definition) is 2. The van der Waals surface area contributed by atoms with Crippen LogP contribution in [-0.2, 0) is 9.53 Å². The average molecular weight is 231 g/mol. The van der Waals surface area contributed by atoms with Crippen LogP contribution in [-0.4, -0.2) is 35.9 Å². The van der Waals surface area contributed by atoms with E-state index < -0.39 is 12.0 Å². The van der Waals surface area contributed by atoms with E-state index in [2.05, 4.69) is 5.32 Å². The Bertz CT molecular complexity index is 216. The number of methoxy groups -OCH3 is 1. The summed E-state index contributed by atoms with van der Waals surface area (Å²) in [6.07, 6.45) is 2.31. The first-order valence-electron chi connectivity index (χ1n) is 5.86. The number of nitrogens with one attached hydrogen (secondary N) is 1. The molecule has 2 unspecified atom stereocenters. The lowest BCUT2D eigenvalue weighted by molar-refractivity contribution is -0.140. The average Bonchev–Trinajstić information content (AvgIpc) is 2.16. The van der Waals surface area contributed by atoms with E-state index in [0.29, 0.717) is 6.42 Å². The molecular formula is C12H25NO3. The van der Waals surface area contributed by atoms with Crippen molar-refractivity contribution in [3.8, 4) is 0 Å². The van der Waals surface area contributed by atoms with Crippen LogP contribution >= 0.6 is 0 Å². The lowest BCUT2D eigenvalue weighted by Crippen LogP contribution is -2.45. The molecule has 4 heteroatoms. The third kappa shape index (κ3) is 6.08. The number of carbonyl (C=O) groups is 1. The molecule has 0 amide bonds. The molecule has 0 saturated heterocycles. The van der Waals surface area contributed by atoms with Crippen molar-refractivity contribution in [1.82, 2.24) is 5.32 Å². The molecule has 0 rings (SSSR count). The predicted octanol–water partition coefficient (Wildman–Crippen LogP) is 2.03. The van der Waals surface area contributed by atoms with Gasteiger partial charge in [0.2, 0.25) is 0 Å². The Hall–Kier alpha value is -0.610. The molecule has 0 bridgehead atoms. The maximum absolute atomic E-state index is 11.0. The highest BCUT2D eigenvalue weighted by atomic mass is 16.5. The summed E-state index contributed by atoms with van der Waals surface area (Å²) in [5.41, 5.74) is -0.221. The lowest BCUT2D eigenvalue weighted by Gasteiger charge is -2.28. The molecule has 0 aromatic carbocycles. The van der Waals surface area contributed by atoms with Crippen molar-refractivity contribution in [3.05, 3.63) is 0 Å². The van der Waals surface area contributed by atoms with Crippen LogP contribution in [0.1, 0.15) is 47.0 Å². The van der Waals surface area contributed by atoms with Crippen molar-refractivity contribution in [2.75, 3.05) is 7.11 Å². The van der Waals surface area contributed by atoms with Gasteiger partial charge in [-0.25, -0.2) is 0 Å². The fourth-order valence-electron chi connectivity index (χ4n) is 1.79. The van der Waals surface area contributed by atoms with Crippen LogP contribution < -0.4 is 5.32 Å². The van der Waals surface area contributed by atoms with Gasteiger partial charge in [-0.3, -0.25) is 4.79 Å². The van der Waals surface area contributed by atoms with Crippen molar-refractivity contribution >= 4 is 5.97 Å². The molecule has 0 radical (unpaired) electrons. The van der Waals surface area contributed by atoms with E-state index in [9.17, 15) is 4.79 Å². The summed E-state index contributed by atoms with van der Waals surface area (Å²) < 4.78 is 5.32. The molecule has 0 heterocycles. The molecule has 2 N–H and O–H groups in total. The molecule has 16 heavy (non-hydrogen) atoms. The summed E-state index contributed by atoms with van der Waals surface area (Å²) in [5.74, 6) is -0.774. The zero-order chi connectivity index (χ0) is 12.8. The van der Waals surface area contributed by atoms with Crippen LogP contribution in [0.25, 0.3) is 0 Å². The highest BCUT2D eigenvalue weighted by Crippen LogP contribution is 2.16. The maximum Gasteiger partial charge on any atom is 0.320 e. The zero-order valence-corrected chi connectivity index (χ0v) is 11.0. The Morgan fingerprint density at radius 2 is 2.06 bits per heavy atom. The van der Waals surface area contributed by atoms with Gasteiger partial charge in [0, 0.05) is 13.2 Å². The number of rotatable bonds is 8. The normalized spacial score (nSPS) is 15.8. The quantitative estimate of drug-likeness (QED) is 0.671. The summed E-state index contributed by atoms with van der Waals surface area (Å²) >= 11 is 0. The fraction of sp³-hybridized carbons (Fsp3) is 0.917. The van der Waals surface area contributed by atoms with Crippen LogP contribution in [0.2, 0.25) is 0 Å². The summed E-state index contributed by atoms with van der Waals surface area (Å²) in [6, 6.07) is -0.324. The van der Waals surface area contributed by atoms with E-state index in [0.717, 1.165) is 12.8 Å². The minimum absolute atomic E-state index is 0.127. The lowest BCUT2D eigenvalue weighted by atomic mass is 9.99. The van der Waals surface area contributed by atoms with Crippen molar-refractivity contribution in [1.29, 1.82) is 0 Å². The summed E-state index contributed by atoms with van der Waals surface area (Å²) in [7, 11) is 1.67. The largest absolute Gasteiger partial charge is 0.480 e. The number of hydrogen-bond acceptors (Lipinski definition) is 3. The Morgan fingerprint density at radius 3 is 2.44 bits per heavy atom. The van der Waals surface area contributed by atoms with Crippen molar-refractivity contribution in [2.45, 2.75) is 64.6 Å². The van der Waals surface area contributed by atoms with Crippen LogP contribution in [0.4, 0.5) is 0 Å². The number of carboxylic acid groups (broad SMARTS) is 1. The molecule has 0 aliphatic carbocycles. The standard InChI is InChI=1S/C12H25NO3/c1-6-7-10(11(14)15)13-9(2)8-12(3,4)16-5/h9-10,13H,6-8H2,1-5H3,(H,14,15). The minimum Gasteiger partial charge on any atom is -0.480 e. The molecule has 0 saturated carbocycles. The summed E-state index contributed by atoms with van der Waals surface area (Å²) in [5, 5.41) is 12.1. The number of ether oxygens (including phenoxy) is 1. The van der Waals surface area contributed by atoms with E-state index in [1.165, 1.54) is 0 Å². The Morgan fingerprint density at radius 1 is 1.50 bits per heavy atom. The minimum atomic E-state index is -0.774. The molecular weight excluding hydrogens is 206 g/mol. The van der Waals surface area contributed by atoms with Crippen molar-refractivity contribution < 1.29 is 14.6 Å². The number of aliphatic carboxylic acids is 1. The van der Waals surface area contributed by atoms with Crippen LogP contribution in [0.3, 0.4) is 0 Å². The highest BCUT2D eigenvalue weighted by molar-refractivity contribution is 5.73. The predicted molar refractivity (Wildman–Crippen MR) is 64.6 cm³/mol. The third-order valence-electron chi connectivity index (χ3n) is 2.71. The van der Waals surface area contributed by atoms with Gasteiger partial charge >= 0.3 is 5.97 Å². The van der Waals surface area contributed by atoms with Gasteiger partial charge < -0.3 is 15.2 Å². The molecule has 0 aromatic heterocycles. The second-order valence-corrected chi connectivity index (χ2v) is 4.92. The van der Waals surface area contributed by atoms with Gasteiger partial charge in [-0.1, -0.05) is 13.3 Å². The van der Waals surface area contributed by atoms with E-state index in [1.54, 1.807) is 7.11 Å². The molecule has 0 spiro atoms.